The second-order valence-electron chi connectivity index (χ2n) is 4.01. The third-order valence-electron chi connectivity index (χ3n) is 2.26. The van der Waals surface area contributed by atoms with Crippen LogP contribution in [0.25, 0.3) is 0 Å². The van der Waals surface area contributed by atoms with E-state index in [0.717, 1.165) is 12.8 Å². The largest absolute Gasteiger partial charge is 0.347 e. The molecule has 0 spiro atoms. The van der Waals surface area contributed by atoms with E-state index in [1.807, 2.05) is 14.1 Å². The Kier molecular flexibility index (Phi) is 2.71. The van der Waals surface area contributed by atoms with Gasteiger partial charge in [0.25, 0.3) is 0 Å². The van der Waals surface area contributed by atoms with Crippen molar-refractivity contribution < 1.29 is 8.42 Å². The summed E-state index contributed by atoms with van der Waals surface area (Å²) in [6.07, 6.45) is 4.43. The Labute approximate surface area is 94.8 Å². The summed E-state index contributed by atoms with van der Waals surface area (Å²) >= 11 is 0. The first-order chi connectivity index (χ1) is 7.49. The van der Waals surface area contributed by atoms with Crippen molar-refractivity contribution in [2.45, 2.75) is 18.1 Å². The molecule has 0 amide bonds. The van der Waals surface area contributed by atoms with Crippen LogP contribution in [0.5, 0.6) is 0 Å². The number of hydrogen-bond donors (Lipinski definition) is 1. The van der Waals surface area contributed by atoms with Crippen molar-refractivity contribution in [1.82, 2.24) is 9.97 Å². The summed E-state index contributed by atoms with van der Waals surface area (Å²) in [6, 6.07) is 0. The molecule has 0 atom stereocenters. The molecule has 1 fully saturated rings. The zero-order valence-electron chi connectivity index (χ0n) is 9.21. The van der Waals surface area contributed by atoms with Crippen LogP contribution in [0.15, 0.2) is 12.4 Å². The summed E-state index contributed by atoms with van der Waals surface area (Å²) in [7, 11) is 0.429. The molecule has 1 aliphatic rings. The lowest BCUT2D eigenvalue weighted by molar-refractivity contribution is 0.600. The van der Waals surface area contributed by atoms with Gasteiger partial charge < -0.3 is 4.90 Å². The highest BCUT2D eigenvalue weighted by Gasteiger charge is 2.35. The number of rotatable bonds is 4. The van der Waals surface area contributed by atoms with Crippen molar-refractivity contribution in [3.63, 3.8) is 0 Å². The van der Waals surface area contributed by atoms with Gasteiger partial charge in [0, 0.05) is 14.1 Å². The third-order valence-corrected chi connectivity index (χ3v) is 4.13. The Morgan fingerprint density at radius 2 is 1.88 bits per heavy atom. The number of aromatic nitrogens is 2. The molecular weight excluding hydrogens is 228 g/mol. The highest BCUT2D eigenvalue weighted by Crippen LogP contribution is 2.29. The lowest BCUT2D eigenvalue weighted by Crippen LogP contribution is -2.18. The second kappa shape index (κ2) is 3.89. The zero-order valence-corrected chi connectivity index (χ0v) is 10.0. The minimum Gasteiger partial charge on any atom is -0.347 e. The van der Waals surface area contributed by atoms with Crippen LogP contribution in [0, 0.1) is 0 Å². The van der Waals surface area contributed by atoms with Crippen LogP contribution in [0.1, 0.15) is 12.8 Å². The van der Waals surface area contributed by atoms with Crippen molar-refractivity contribution >= 4 is 21.7 Å². The second-order valence-corrected chi connectivity index (χ2v) is 5.97. The van der Waals surface area contributed by atoms with Crippen LogP contribution in [0.2, 0.25) is 0 Å². The van der Waals surface area contributed by atoms with Crippen LogP contribution >= 0.6 is 0 Å². The molecule has 2 rings (SSSR count). The van der Waals surface area contributed by atoms with Gasteiger partial charge in [0.05, 0.1) is 23.3 Å². The average molecular weight is 242 g/mol. The first-order valence-electron chi connectivity index (χ1n) is 5.00. The van der Waals surface area contributed by atoms with Gasteiger partial charge in [-0.25, -0.2) is 18.4 Å². The first kappa shape index (κ1) is 11.1. The Balaban J connectivity index is 2.10. The van der Waals surface area contributed by atoms with E-state index in [-0.39, 0.29) is 5.25 Å². The van der Waals surface area contributed by atoms with Crippen LogP contribution < -0.4 is 9.62 Å². The summed E-state index contributed by atoms with van der Waals surface area (Å²) in [5, 5.41) is -0.235. The van der Waals surface area contributed by atoms with E-state index < -0.39 is 10.0 Å². The SMILES string of the molecule is CN(C)c1ncc(NS(=O)(=O)C2CC2)cn1. The highest BCUT2D eigenvalue weighted by atomic mass is 32.2. The quantitative estimate of drug-likeness (QED) is 0.829. The summed E-state index contributed by atoms with van der Waals surface area (Å²) in [5.41, 5.74) is 0.414. The molecule has 1 aliphatic carbocycles. The van der Waals surface area contributed by atoms with Crippen molar-refractivity contribution in [3.05, 3.63) is 12.4 Å². The lowest BCUT2D eigenvalue weighted by atomic mass is 10.6. The summed E-state index contributed by atoms with van der Waals surface area (Å²) in [4.78, 5) is 9.81. The van der Waals surface area contributed by atoms with Gasteiger partial charge in [0.15, 0.2) is 0 Å². The molecule has 0 radical (unpaired) electrons. The molecule has 0 bridgehead atoms. The minimum atomic E-state index is -3.22. The fraction of sp³-hybridized carbons (Fsp3) is 0.556. The molecular formula is C9H14N4O2S. The minimum absolute atomic E-state index is 0.235. The molecule has 1 aromatic heterocycles. The van der Waals surface area contributed by atoms with Crippen LogP contribution in [-0.2, 0) is 10.0 Å². The number of sulfonamides is 1. The zero-order chi connectivity index (χ0) is 11.8. The van der Waals surface area contributed by atoms with E-state index in [2.05, 4.69) is 14.7 Å². The van der Waals surface area contributed by atoms with Gasteiger partial charge in [-0.2, -0.15) is 0 Å². The molecule has 0 aliphatic heterocycles. The van der Waals surface area contributed by atoms with E-state index in [0.29, 0.717) is 11.6 Å². The van der Waals surface area contributed by atoms with E-state index in [4.69, 9.17) is 0 Å². The van der Waals surface area contributed by atoms with Gasteiger partial charge in [-0.15, -0.1) is 0 Å². The number of nitrogens with one attached hydrogen (secondary N) is 1. The maximum Gasteiger partial charge on any atom is 0.235 e. The Hall–Kier alpha value is -1.37. The molecule has 0 saturated heterocycles. The van der Waals surface area contributed by atoms with E-state index in [1.54, 1.807) is 4.90 Å². The molecule has 1 N–H and O–H groups in total. The number of anilines is 2. The van der Waals surface area contributed by atoms with E-state index in [9.17, 15) is 8.42 Å². The standard InChI is InChI=1S/C9H14N4O2S/c1-13(2)9-10-5-7(6-11-9)12-16(14,15)8-3-4-8/h5-6,8,12H,3-4H2,1-2H3. The molecule has 1 heterocycles. The van der Waals surface area contributed by atoms with Crippen molar-refractivity contribution in [2.24, 2.45) is 0 Å². The Morgan fingerprint density at radius 1 is 1.31 bits per heavy atom. The first-order valence-corrected chi connectivity index (χ1v) is 6.54. The molecule has 88 valence electrons. The van der Waals surface area contributed by atoms with E-state index in [1.165, 1.54) is 12.4 Å². The molecule has 1 aromatic rings. The fourth-order valence-electron chi connectivity index (χ4n) is 1.23. The van der Waals surface area contributed by atoms with Gasteiger partial charge >= 0.3 is 0 Å². The highest BCUT2D eigenvalue weighted by molar-refractivity contribution is 7.93. The van der Waals surface area contributed by atoms with Crippen LogP contribution in [0.4, 0.5) is 11.6 Å². The van der Waals surface area contributed by atoms with Gasteiger partial charge in [-0.3, -0.25) is 4.72 Å². The molecule has 0 aromatic carbocycles. The van der Waals surface area contributed by atoms with Gasteiger partial charge in [-0.1, -0.05) is 0 Å². The van der Waals surface area contributed by atoms with Crippen LogP contribution in [0.3, 0.4) is 0 Å². The summed E-state index contributed by atoms with van der Waals surface area (Å²) < 4.78 is 25.7. The van der Waals surface area contributed by atoms with Crippen molar-refractivity contribution in [2.75, 3.05) is 23.7 Å². The predicted octanol–water partition coefficient (Wildman–Crippen LogP) is 0.447. The van der Waals surface area contributed by atoms with Gasteiger partial charge in [0.2, 0.25) is 16.0 Å². The lowest BCUT2D eigenvalue weighted by Gasteiger charge is -2.10. The molecule has 0 unspecified atom stereocenters. The molecule has 7 heteroatoms. The van der Waals surface area contributed by atoms with Gasteiger partial charge in [0.1, 0.15) is 0 Å². The van der Waals surface area contributed by atoms with Crippen molar-refractivity contribution in [1.29, 1.82) is 0 Å². The molecule has 16 heavy (non-hydrogen) atoms. The molecule has 1 saturated carbocycles. The van der Waals surface area contributed by atoms with Gasteiger partial charge in [-0.05, 0) is 12.8 Å². The normalized spacial score (nSPS) is 15.9. The number of hydrogen-bond acceptors (Lipinski definition) is 5. The predicted molar refractivity (Wildman–Crippen MR) is 61.9 cm³/mol. The Morgan fingerprint density at radius 3 is 2.31 bits per heavy atom. The third kappa shape index (κ3) is 2.41. The average Bonchev–Trinajstić information content (AvgIpc) is 3.01. The van der Waals surface area contributed by atoms with Crippen molar-refractivity contribution in [3.8, 4) is 0 Å². The maximum atomic E-state index is 11.6. The monoisotopic (exact) mass is 242 g/mol. The molecule has 6 nitrogen and oxygen atoms in total. The summed E-state index contributed by atoms with van der Waals surface area (Å²) in [6.45, 7) is 0. The number of nitrogens with zero attached hydrogens (tertiary/aromatic N) is 3. The summed E-state index contributed by atoms with van der Waals surface area (Å²) in [5.74, 6) is 0.550. The Bertz CT molecular complexity index is 465. The fourth-order valence-corrected chi connectivity index (χ4v) is 2.59. The van der Waals surface area contributed by atoms with Crippen LogP contribution in [-0.4, -0.2) is 37.7 Å². The topological polar surface area (TPSA) is 75.2 Å². The van der Waals surface area contributed by atoms with E-state index >= 15 is 0 Å². The maximum absolute atomic E-state index is 11.6. The smallest absolute Gasteiger partial charge is 0.235 e.